The number of rotatable bonds is 24. The maximum Gasteiger partial charge on any atom is 0.235 e. The van der Waals surface area contributed by atoms with Gasteiger partial charge in [0.05, 0.1) is 0 Å². The largest absolute Gasteiger partial charge is 0.400 e. The molecule has 11 heteroatoms. The smallest absolute Gasteiger partial charge is 0.235 e. The molecule has 0 unspecified atom stereocenters. The number of allylic oxidation sites excluding steroid dienone is 7. The average molecular weight is 763 g/mol. The van der Waals surface area contributed by atoms with Gasteiger partial charge in [-0.1, -0.05) is 82.9 Å². The monoisotopic (exact) mass is 763 g/mol. The highest BCUT2D eigenvalue weighted by atomic mass is 16.2. The van der Waals surface area contributed by atoms with E-state index in [4.69, 9.17) is 5.11 Å². The number of unbranched alkanes of at least 4 members (excludes halogenated alkanes) is 4. The third kappa shape index (κ3) is 35.6. The SMILES string of the molecule is C=C/C(=C\C=C(C)C)NC=O.C=C/C=C\C=O.CCCC.CO.C[C@H](CCCCN(C)C)NC(=O)C1(C(=O)NCCCCCN(C)CCN(C)C)CCC1. The molecule has 1 fully saturated rings. The Labute approximate surface area is 331 Å². The van der Waals surface area contributed by atoms with Crippen LogP contribution in [0.3, 0.4) is 0 Å². The van der Waals surface area contributed by atoms with Crippen molar-refractivity contribution in [3.63, 3.8) is 0 Å². The lowest BCUT2D eigenvalue weighted by Gasteiger charge is -2.39. The minimum absolute atomic E-state index is 0.0702. The average Bonchev–Trinajstić information content (AvgIpc) is 3.12. The molecule has 0 aromatic carbocycles. The van der Waals surface area contributed by atoms with Gasteiger partial charge in [0.25, 0.3) is 0 Å². The van der Waals surface area contributed by atoms with Crippen LogP contribution in [0.5, 0.6) is 0 Å². The fourth-order valence-electron chi connectivity index (χ4n) is 4.56. The zero-order valence-electron chi connectivity index (χ0n) is 36.3. The Morgan fingerprint density at radius 2 is 1.39 bits per heavy atom. The van der Waals surface area contributed by atoms with E-state index in [9.17, 15) is 19.2 Å². The van der Waals surface area contributed by atoms with Crippen LogP contribution >= 0.6 is 0 Å². The van der Waals surface area contributed by atoms with Gasteiger partial charge in [-0.3, -0.25) is 19.2 Å². The molecule has 0 bridgehead atoms. The second kappa shape index (κ2) is 40.8. The van der Waals surface area contributed by atoms with Crippen LogP contribution in [0.15, 0.2) is 60.9 Å². The van der Waals surface area contributed by atoms with E-state index >= 15 is 0 Å². The van der Waals surface area contributed by atoms with E-state index in [1.807, 2.05) is 26.8 Å². The Morgan fingerprint density at radius 1 is 0.796 bits per heavy atom. The fraction of sp³-hybridized carbons (Fsp3) is 0.674. The first-order chi connectivity index (χ1) is 25.7. The highest BCUT2D eigenvalue weighted by Gasteiger charge is 2.50. The number of carbonyl (C=O) groups is 4. The van der Waals surface area contributed by atoms with Crippen molar-refractivity contribution in [2.75, 3.05) is 75.1 Å². The zero-order valence-corrected chi connectivity index (χ0v) is 36.3. The van der Waals surface area contributed by atoms with Gasteiger partial charge in [0.2, 0.25) is 18.2 Å². The highest BCUT2D eigenvalue weighted by Crippen LogP contribution is 2.41. The summed E-state index contributed by atoms with van der Waals surface area (Å²) in [6.45, 7) is 22.2. The molecule has 1 aliphatic carbocycles. The molecule has 0 saturated heterocycles. The quantitative estimate of drug-likeness (QED) is 0.0297. The van der Waals surface area contributed by atoms with Crippen molar-refractivity contribution in [2.24, 2.45) is 5.41 Å². The van der Waals surface area contributed by atoms with Gasteiger partial charge in [0, 0.05) is 38.5 Å². The number of aliphatic hydroxyl groups is 1. The standard InChI is InChI=1S/C24H49N5O2.C9H13NO.C5H6O.C4H10.CH4O/c1-21(13-8-11-17-27(2)3)26-23(31)24(14-12-15-24)22(30)25-16-9-7-10-18-29(6)20-19-28(4)5;1-4-9(10-7-11)6-5-8(2)3;1-2-3-4-5-6;1-3-4-2;1-2/h21H,7-20H2,1-6H3,(H,25,30)(H,26,31);4-7H,1H2,2-3H3,(H,10,11);2-5H,1H2;3-4H2,1-2H3;2H,1H3/b;9-6+;4-3-;;/t21-;;;;/m1..../s1. The molecule has 0 aromatic heterocycles. The van der Waals surface area contributed by atoms with E-state index in [0.717, 1.165) is 78.2 Å². The lowest BCUT2D eigenvalue weighted by atomic mass is 9.67. The van der Waals surface area contributed by atoms with E-state index in [-0.39, 0.29) is 17.9 Å². The van der Waals surface area contributed by atoms with Gasteiger partial charge in [-0.25, -0.2) is 0 Å². The topological polar surface area (TPSA) is 134 Å². The number of likely N-dealkylation sites (N-methyl/N-ethyl adjacent to an activating group) is 2. The van der Waals surface area contributed by atoms with Gasteiger partial charge in [0.1, 0.15) is 11.7 Å². The molecule has 1 aliphatic rings. The third-order valence-electron chi connectivity index (χ3n) is 8.24. The Kier molecular flexibility index (Phi) is 43.3. The van der Waals surface area contributed by atoms with Crippen LogP contribution in [0.2, 0.25) is 0 Å². The Morgan fingerprint density at radius 3 is 1.81 bits per heavy atom. The molecule has 54 heavy (non-hydrogen) atoms. The number of carbonyl (C=O) groups excluding carboxylic acids is 4. The molecule has 3 amide bonds. The van der Waals surface area contributed by atoms with Crippen molar-refractivity contribution in [3.8, 4) is 0 Å². The molecule has 11 nitrogen and oxygen atoms in total. The third-order valence-corrected chi connectivity index (χ3v) is 8.24. The van der Waals surface area contributed by atoms with Gasteiger partial charge >= 0.3 is 0 Å². The van der Waals surface area contributed by atoms with Crippen molar-refractivity contribution >= 4 is 24.5 Å². The lowest BCUT2D eigenvalue weighted by molar-refractivity contribution is -0.150. The van der Waals surface area contributed by atoms with Crippen LogP contribution < -0.4 is 16.0 Å². The molecule has 1 rings (SSSR count). The number of aliphatic hydroxyl groups excluding tert-OH is 1. The van der Waals surface area contributed by atoms with Crippen molar-refractivity contribution in [1.82, 2.24) is 30.7 Å². The molecule has 0 aromatic rings. The number of hydrogen-bond donors (Lipinski definition) is 4. The minimum Gasteiger partial charge on any atom is -0.400 e. The first-order valence-electron chi connectivity index (χ1n) is 19.6. The van der Waals surface area contributed by atoms with Crippen molar-refractivity contribution in [1.29, 1.82) is 0 Å². The van der Waals surface area contributed by atoms with Gasteiger partial charge < -0.3 is 35.8 Å². The Balaban J connectivity index is -0.000000441. The van der Waals surface area contributed by atoms with E-state index in [1.54, 1.807) is 24.3 Å². The molecule has 4 N–H and O–H groups in total. The molecule has 0 heterocycles. The second-order valence-corrected chi connectivity index (χ2v) is 14.1. The maximum absolute atomic E-state index is 12.9. The highest BCUT2D eigenvalue weighted by molar-refractivity contribution is 6.06. The van der Waals surface area contributed by atoms with Crippen LogP contribution in [0.4, 0.5) is 0 Å². The van der Waals surface area contributed by atoms with Crippen molar-refractivity contribution < 1.29 is 24.3 Å². The normalized spacial score (nSPS) is 13.1. The zero-order chi connectivity index (χ0) is 42.2. The predicted molar refractivity (Wildman–Crippen MR) is 230 cm³/mol. The number of aldehydes is 1. The summed E-state index contributed by atoms with van der Waals surface area (Å²) in [6, 6.07) is 0.115. The molecular formula is C43H82N6O5. The van der Waals surface area contributed by atoms with Gasteiger partial charge in [-0.15, -0.1) is 0 Å². The fourth-order valence-corrected chi connectivity index (χ4v) is 4.56. The summed E-state index contributed by atoms with van der Waals surface area (Å²) in [5, 5.41) is 15.7. The number of nitrogens with zero attached hydrogens (tertiary/aromatic N) is 3. The summed E-state index contributed by atoms with van der Waals surface area (Å²) in [5.74, 6) is -0.141. The molecule has 0 spiro atoms. The summed E-state index contributed by atoms with van der Waals surface area (Å²) >= 11 is 0. The summed E-state index contributed by atoms with van der Waals surface area (Å²) in [5.41, 5.74) is 1.06. The lowest BCUT2D eigenvalue weighted by Crippen LogP contribution is -2.56. The number of hydrogen-bond acceptors (Lipinski definition) is 8. The molecule has 1 atom stereocenters. The first-order valence-corrected chi connectivity index (χ1v) is 19.6. The predicted octanol–water partition coefficient (Wildman–Crippen LogP) is 6.28. The van der Waals surface area contributed by atoms with Crippen LogP contribution in [-0.2, 0) is 19.2 Å². The van der Waals surface area contributed by atoms with Crippen molar-refractivity contribution in [3.05, 3.63) is 60.9 Å². The Hall–Kier alpha value is -3.38. The molecular weight excluding hydrogens is 681 g/mol. The van der Waals surface area contributed by atoms with Gasteiger partial charge in [0.15, 0.2) is 0 Å². The molecule has 314 valence electrons. The minimum atomic E-state index is -0.829. The van der Waals surface area contributed by atoms with Crippen molar-refractivity contribution in [2.45, 2.75) is 111 Å². The van der Waals surface area contributed by atoms with Gasteiger partial charge in [-0.05, 0) is 126 Å². The first kappa shape index (κ1) is 57.3. The van der Waals surface area contributed by atoms with E-state index in [1.165, 1.54) is 24.5 Å². The van der Waals surface area contributed by atoms with E-state index in [2.05, 4.69) is 92.9 Å². The van der Waals surface area contributed by atoms with Gasteiger partial charge in [-0.2, -0.15) is 0 Å². The summed E-state index contributed by atoms with van der Waals surface area (Å²) in [4.78, 5) is 51.8. The van der Waals surface area contributed by atoms with Crippen LogP contribution in [0.25, 0.3) is 0 Å². The number of amides is 3. The molecule has 1 saturated carbocycles. The Bertz CT molecular complexity index is 1030. The maximum atomic E-state index is 12.9. The second-order valence-electron chi connectivity index (χ2n) is 14.1. The summed E-state index contributed by atoms with van der Waals surface area (Å²) < 4.78 is 0. The molecule has 0 aliphatic heterocycles. The summed E-state index contributed by atoms with van der Waals surface area (Å²) in [7, 11) is 11.5. The van der Waals surface area contributed by atoms with E-state index in [0.29, 0.717) is 37.8 Å². The van der Waals surface area contributed by atoms with Crippen LogP contribution in [-0.4, -0.2) is 125 Å². The number of nitrogens with one attached hydrogen (secondary N) is 3. The van der Waals surface area contributed by atoms with Crippen LogP contribution in [0.1, 0.15) is 105 Å². The van der Waals surface area contributed by atoms with E-state index < -0.39 is 5.41 Å². The summed E-state index contributed by atoms with van der Waals surface area (Å²) in [6.07, 6.45) is 22.5. The van der Waals surface area contributed by atoms with Crippen LogP contribution in [0, 0.1) is 5.41 Å². The molecule has 0 radical (unpaired) electrons.